The molecule has 4 rings (SSSR count). The average molecular weight is 342 g/mol. The van der Waals surface area contributed by atoms with Crippen LogP contribution in [-0.4, -0.2) is 18.6 Å². The molecule has 2 nitrogen and oxygen atoms in total. The second-order valence-electron chi connectivity index (χ2n) is 6.96. The first-order chi connectivity index (χ1) is 12.4. The molecule has 0 radical (unpaired) electrons. The fourth-order valence-corrected chi connectivity index (χ4v) is 3.78. The Labute approximate surface area is 148 Å². The van der Waals surface area contributed by atoms with E-state index >= 15 is 0 Å². The maximum absolute atomic E-state index is 14.9. The molecule has 1 aliphatic carbocycles. The number of hydrogen-bond acceptors (Lipinski definition) is 2. The van der Waals surface area contributed by atoms with E-state index in [1.54, 1.807) is 13.2 Å². The number of methoxy groups -OCH3 is 1. The summed E-state index contributed by atoms with van der Waals surface area (Å²) in [4.78, 5) is 2.06. The molecule has 1 unspecified atom stereocenters. The quantitative estimate of drug-likeness (QED) is 0.790. The van der Waals surface area contributed by atoms with E-state index in [-0.39, 0.29) is 11.0 Å². The molecule has 4 heteroatoms. The van der Waals surface area contributed by atoms with E-state index in [1.807, 2.05) is 24.3 Å². The van der Waals surface area contributed by atoms with Crippen LogP contribution in [0.25, 0.3) is 5.83 Å². The third-order valence-electron chi connectivity index (χ3n) is 5.22. The van der Waals surface area contributed by atoms with Crippen molar-refractivity contribution in [2.75, 3.05) is 13.7 Å². The summed E-state index contributed by atoms with van der Waals surface area (Å²) < 4.78 is 42.3. The van der Waals surface area contributed by atoms with Gasteiger partial charge in [0, 0.05) is 37.5 Å². The van der Waals surface area contributed by atoms with Gasteiger partial charge in [0.15, 0.2) is 0 Å². The molecule has 130 valence electrons. The van der Waals surface area contributed by atoms with Crippen LogP contribution in [0.4, 0.5) is 8.78 Å². The predicted molar refractivity (Wildman–Crippen MR) is 94.6 cm³/mol. The van der Waals surface area contributed by atoms with Crippen LogP contribution in [-0.2, 0) is 18.5 Å². The van der Waals surface area contributed by atoms with Gasteiger partial charge in [-0.3, -0.25) is 4.90 Å². The van der Waals surface area contributed by atoms with Crippen LogP contribution >= 0.6 is 0 Å². The summed E-state index contributed by atoms with van der Waals surface area (Å²) in [6, 6.07) is 10.9. The summed E-state index contributed by atoms with van der Waals surface area (Å²) in [6.45, 7) is 3.78. The monoisotopic (exact) mass is 342 g/mol. The second kappa shape index (κ2) is 5.95. The minimum Gasteiger partial charge on any atom is -0.497 e. The Morgan fingerprint density at radius 2 is 2.00 bits per heavy atom. The summed E-state index contributed by atoms with van der Waals surface area (Å²) in [7, 11) is 1.63. The van der Waals surface area contributed by atoms with Crippen LogP contribution in [0.3, 0.4) is 0 Å². The first-order valence-corrected chi connectivity index (χ1v) is 8.42. The van der Waals surface area contributed by atoms with Gasteiger partial charge in [-0.05, 0) is 42.2 Å². The summed E-state index contributed by atoms with van der Waals surface area (Å²) in [5.41, 5.74) is 1.88. The summed E-state index contributed by atoms with van der Waals surface area (Å²) in [6.07, 6.45) is 1.73. The molecule has 2 aromatic rings. The maximum atomic E-state index is 14.9. The standard InChI is InChI=1S/C21H21F2NO/c1-14(22)18-8-5-16-12-24(11-15-3-6-17(25-2)7-4-15)13-21(9-10-21)19(16)20(18)23/h3-8H,1,9-13H2,2H3/i12D. The van der Waals surface area contributed by atoms with Crippen molar-refractivity contribution >= 4 is 5.83 Å². The van der Waals surface area contributed by atoms with E-state index in [1.165, 1.54) is 6.07 Å². The molecule has 1 atom stereocenters. The zero-order valence-electron chi connectivity index (χ0n) is 15.2. The highest BCUT2D eigenvalue weighted by molar-refractivity contribution is 5.61. The predicted octanol–water partition coefficient (Wildman–Crippen LogP) is 4.82. The molecule has 1 saturated carbocycles. The average Bonchev–Trinajstić information content (AvgIpc) is 3.39. The van der Waals surface area contributed by atoms with Gasteiger partial charge in [0.05, 0.1) is 7.11 Å². The molecule has 25 heavy (non-hydrogen) atoms. The van der Waals surface area contributed by atoms with Crippen LogP contribution in [0.5, 0.6) is 5.75 Å². The summed E-state index contributed by atoms with van der Waals surface area (Å²) >= 11 is 0. The summed E-state index contributed by atoms with van der Waals surface area (Å²) in [5.74, 6) is -0.503. The lowest BCUT2D eigenvalue weighted by molar-refractivity contribution is 0.210. The largest absolute Gasteiger partial charge is 0.497 e. The molecule has 0 bridgehead atoms. The number of rotatable bonds is 4. The van der Waals surface area contributed by atoms with E-state index in [4.69, 9.17) is 6.11 Å². The van der Waals surface area contributed by atoms with Gasteiger partial charge in [-0.2, -0.15) is 0 Å². The third-order valence-corrected chi connectivity index (χ3v) is 5.22. The highest BCUT2D eigenvalue weighted by Crippen LogP contribution is 2.54. The lowest BCUT2D eigenvalue weighted by atomic mass is 9.84. The molecule has 1 heterocycles. The molecule has 2 aromatic carbocycles. The van der Waals surface area contributed by atoms with Gasteiger partial charge in [-0.1, -0.05) is 24.8 Å². The van der Waals surface area contributed by atoms with Crippen molar-refractivity contribution in [1.29, 1.82) is 0 Å². The fourth-order valence-electron chi connectivity index (χ4n) is 3.78. The number of halogens is 2. The molecule has 0 N–H and O–H groups in total. The minimum atomic E-state index is -0.761. The van der Waals surface area contributed by atoms with Gasteiger partial charge in [0.2, 0.25) is 0 Å². The van der Waals surface area contributed by atoms with Gasteiger partial charge in [0.1, 0.15) is 17.4 Å². The van der Waals surface area contributed by atoms with Gasteiger partial charge < -0.3 is 4.74 Å². The van der Waals surface area contributed by atoms with Crippen molar-refractivity contribution < 1.29 is 14.9 Å². The zero-order valence-corrected chi connectivity index (χ0v) is 14.2. The highest BCUT2D eigenvalue weighted by Gasteiger charge is 2.51. The van der Waals surface area contributed by atoms with Crippen molar-refractivity contribution in [3.05, 3.63) is 71.0 Å². The summed E-state index contributed by atoms with van der Waals surface area (Å²) in [5, 5.41) is 0. The van der Waals surface area contributed by atoms with Crippen LogP contribution in [0, 0.1) is 5.82 Å². The molecule has 2 aliphatic rings. The van der Waals surface area contributed by atoms with E-state index in [0.29, 0.717) is 24.2 Å². The van der Waals surface area contributed by atoms with E-state index in [9.17, 15) is 8.78 Å². The normalized spacial score (nSPS) is 21.6. The molecular weight excluding hydrogens is 320 g/mol. The van der Waals surface area contributed by atoms with Crippen molar-refractivity contribution in [3.63, 3.8) is 0 Å². The van der Waals surface area contributed by atoms with Crippen LogP contribution < -0.4 is 4.74 Å². The number of fused-ring (bicyclic) bond motifs is 2. The Hall–Kier alpha value is -2.20. The van der Waals surface area contributed by atoms with Gasteiger partial charge >= 0.3 is 0 Å². The Kier molecular flexibility index (Phi) is 3.59. The van der Waals surface area contributed by atoms with Crippen molar-refractivity contribution in [1.82, 2.24) is 4.90 Å². The van der Waals surface area contributed by atoms with Gasteiger partial charge in [0.25, 0.3) is 0 Å². The van der Waals surface area contributed by atoms with Crippen LogP contribution in [0.1, 0.15) is 36.5 Å². The second-order valence-corrected chi connectivity index (χ2v) is 6.96. The molecule has 1 aliphatic heterocycles. The number of benzene rings is 2. The molecule has 0 aromatic heterocycles. The Morgan fingerprint density at radius 3 is 2.60 bits per heavy atom. The van der Waals surface area contributed by atoms with E-state index in [2.05, 4.69) is 11.5 Å². The van der Waals surface area contributed by atoms with Crippen LogP contribution in [0.15, 0.2) is 43.0 Å². The third kappa shape index (κ3) is 2.85. The van der Waals surface area contributed by atoms with Gasteiger partial charge in [-0.15, -0.1) is 0 Å². The smallest absolute Gasteiger partial charge is 0.137 e. The Bertz CT molecular complexity index is 861. The highest BCUT2D eigenvalue weighted by atomic mass is 19.1. The molecular formula is C21H21F2NO. The number of hydrogen-bond donors (Lipinski definition) is 0. The molecule has 1 spiro atoms. The first-order valence-electron chi connectivity index (χ1n) is 9.00. The number of nitrogens with zero attached hydrogens (tertiary/aromatic N) is 1. The Morgan fingerprint density at radius 1 is 1.28 bits per heavy atom. The molecule has 0 saturated heterocycles. The van der Waals surface area contributed by atoms with Crippen molar-refractivity contribution in [2.45, 2.75) is 31.3 Å². The lowest BCUT2D eigenvalue weighted by Gasteiger charge is -2.35. The van der Waals surface area contributed by atoms with E-state index in [0.717, 1.165) is 24.2 Å². The number of ether oxygens (including phenoxy) is 1. The molecule has 0 amide bonds. The fraction of sp³-hybridized carbons (Fsp3) is 0.333. The zero-order chi connectivity index (χ0) is 18.5. The van der Waals surface area contributed by atoms with Crippen molar-refractivity contribution in [3.8, 4) is 5.75 Å². The van der Waals surface area contributed by atoms with E-state index < -0.39 is 18.2 Å². The van der Waals surface area contributed by atoms with Crippen LogP contribution in [0.2, 0.25) is 0 Å². The minimum absolute atomic E-state index is 0.0779. The lowest BCUT2D eigenvalue weighted by Crippen LogP contribution is -2.38. The maximum Gasteiger partial charge on any atom is 0.137 e. The van der Waals surface area contributed by atoms with Crippen molar-refractivity contribution in [2.24, 2.45) is 0 Å². The van der Waals surface area contributed by atoms with Gasteiger partial charge in [-0.25, -0.2) is 8.78 Å². The SMILES string of the molecule is [2H]C1c2ccc(C(=C)F)c(F)c2C2(CC2)CN1Cc1ccc(OC)cc1. The first kappa shape index (κ1) is 15.1. The Balaban J connectivity index is 1.68. The topological polar surface area (TPSA) is 12.5 Å². The molecule has 1 fully saturated rings.